The van der Waals surface area contributed by atoms with Crippen LogP contribution in [0.4, 0.5) is 0 Å². The zero-order valence-electron chi connectivity index (χ0n) is 11.3. The van der Waals surface area contributed by atoms with Gasteiger partial charge in [-0.3, -0.25) is 4.90 Å². The van der Waals surface area contributed by atoms with Gasteiger partial charge in [-0.2, -0.15) is 0 Å². The Morgan fingerprint density at radius 3 is 2.16 bits per heavy atom. The first kappa shape index (κ1) is 14.8. The zero-order chi connectivity index (χ0) is 13.9. The summed E-state index contributed by atoms with van der Waals surface area (Å²) in [7, 11) is -2.83. The van der Waals surface area contributed by atoms with Gasteiger partial charge in [-0.25, -0.2) is 8.42 Å². The van der Waals surface area contributed by atoms with Crippen molar-refractivity contribution in [1.82, 2.24) is 4.90 Å². The third-order valence-corrected chi connectivity index (χ3v) is 5.60. The van der Waals surface area contributed by atoms with Gasteiger partial charge in [0.05, 0.1) is 23.7 Å². The molecule has 0 N–H and O–H groups in total. The highest BCUT2D eigenvalue weighted by Crippen LogP contribution is 2.24. The first-order chi connectivity index (χ1) is 9.04. The fourth-order valence-corrected chi connectivity index (χ4v) is 4.71. The lowest BCUT2D eigenvalue weighted by Gasteiger charge is -2.40. The topological polar surface area (TPSA) is 46.6 Å². The average molecular weight is 285 g/mol. The van der Waals surface area contributed by atoms with Gasteiger partial charge in [0.15, 0.2) is 9.84 Å². The third-order valence-electron chi connectivity index (χ3n) is 3.85. The highest BCUT2D eigenvalue weighted by Gasteiger charge is 2.36. The van der Waals surface area contributed by atoms with Crippen molar-refractivity contribution in [3.63, 3.8) is 0 Å². The summed E-state index contributed by atoms with van der Waals surface area (Å²) in [6, 6.07) is 0.161. The maximum absolute atomic E-state index is 11.6. The van der Waals surface area contributed by atoms with Gasteiger partial charge in [-0.05, 0) is 19.3 Å². The smallest absolute Gasteiger partial charge is 0.151 e. The van der Waals surface area contributed by atoms with Gasteiger partial charge in [0.2, 0.25) is 0 Å². The summed E-state index contributed by atoms with van der Waals surface area (Å²) in [5.74, 6) is 0.627. The molecule has 0 spiro atoms. The molecule has 2 aliphatic rings. The highest BCUT2D eigenvalue weighted by atomic mass is 32.2. The third kappa shape index (κ3) is 3.91. The lowest BCUT2D eigenvalue weighted by Crippen LogP contribution is -2.51. The normalized spacial score (nSPS) is 35.1. The summed E-state index contributed by atoms with van der Waals surface area (Å²) >= 11 is 0. The molecule has 2 saturated heterocycles. The minimum absolute atomic E-state index is 0.125. The fraction of sp³-hybridized carbons (Fsp3) is 0.714. The predicted octanol–water partition coefficient (Wildman–Crippen LogP) is 1.40. The molecule has 0 radical (unpaired) electrons. The van der Waals surface area contributed by atoms with Crippen LogP contribution in [0.15, 0.2) is 25.3 Å². The molecule has 3 unspecified atom stereocenters. The van der Waals surface area contributed by atoms with Crippen molar-refractivity contribution in [3.8, 4) is 0 Å². The predicted molar refractivity (Wildman–Crippen MR) is 76.9 cm³/mol. The van der Waals surface area contributed by atoms with E-state index in [1.165, 1.54) is 0 Å². The van der Waals surface area contributed by atoms with Crippen molar-refractivity contribution < 1.29 is 13.2 Å². The number of ether oxygens (including phenoxy) is 1. The summed E-state index contributed by atoms with van der Waals surface area (Å²) in [5, 5.41) is 0. The minimum Gasteiger partial charge on any atom is -0.372 e. The molecule has 2 rings (SSSR count). The van der Waals surface area contributed by atoms with Gasteiger partial charge < -0.3 is 4.74 Å². The van der Waals surface area contributed by atoms with Crippen LogP contribution in [-0.2, 0) is 14.6 Å². The van der Waals surface area contributed by atoms with Crippen LogP contribution in [0.3, 0.4) is 0 Å². The maximum Gasteiger partial charge on any atom is 0.151 e. The van der Waals surface area contributed by atoms with Gasteiger partial charge in [0.1, 0.15) is 0 Å². The van der Waals surface area contributed by atoms with E-state index in [2.05, 4.69) is 18.1 Å². The summed E-state index contributed by atoms with van der Waals surface area (Å²) in [4.78, 5) is 2.29. The lowest BCUT2D eigenvalue weighted by atomic mass is 10.1. The first-order valence-corrected chi connectivity index (χ1v) is 8.68. The SMILES string of the molecule is C=CCC1CN(C2CCS(=O)(=O)C2)CC(CC=C)O1. The standard InChI is InChI=1S/C14H23NO3S/c1-3-5-13-9-15(10-14(18-13)6-4-2)12-7-8-19(16,17)11-12/h3-4,12-14H,1-2,5-11H2. The molecular formula is C14H23NO3S. The molecule has 3 atom stereocenters. The summed E-state index contributed by atoms with van der Waals surface area (Å²) < 4.78 is 29.2. The zero-order valence-corrected chi connectivity index (χ0v) is 12.1. The molecule has 2 aliphatic heterocycles. The van der Waals surface area contributed by atoms with Crippen molar-refractivity contribution >= 4 is 9.84 Å². The van der Waals surface area contributed by atoms with Crippen molar-refractivity contribution in [2.24, 2.45) is 0 Å². The van der Waals surface area contributed by atoms with Crippen LogP contribution >= 0.6 is 0 Å². The molecule has 0 amide bonds. The summed E-state index contributed by atoms with van der Waals surface area (Å²) in [6.07, 6.45) is 6.35. The van der Waals surface area contributed by atoms with E-state index >= 15 is 0 Å². The number of sulfone groups is 1. The molecule has 2 heterocycles. The van der Waals surface area contributed by atoms with E-state index in [1.54, 1.807) is 0 Å². The van der Waals surface area contributed by atoms with Crippen LogP contribution in [0.25, 0.3) is 0 Å². The molecule has 0 aromatic heterocycles. The first-order valence-electron chi connectivity index (χ1n) is 6.86. The van der Waals surface area contributed by atoms with E-state index in [0.717, 1.165) is 32.4 Å². The maximum atomic E-state index is 11.6. The van der Waals surface area contributed by atoms with E-state index in [9.17, 15) is 8.42 Å². The van der Waals surface area contributed by atoms with Gasteiger partial charge >= 0.3 is 0 Å². The van der Waals surface area contributed by atoms with E-state index < -0.39 is 9.84 Å². The number of rotatable bonds is 5. The van der Waals surface area contributed by atoms with Crippen LogP contribution in [0, 0.1) is 0 Å². The second kappa shape index (κ2) is 6.20. The quantitative estimate of drug-likeness (QED) is 0.716. The number of morpholine rings is 1. The Hall–Kier alpha value is -0.650. The number of hydrogen-bond acceptors (Lipinski definition) is 4. The van der Waals surface area contributed by atoms with Gasteiger partial charge in [0, 0.05) is 19.1 Å². The van der Waals surface area contributed by atoms with Crippen molar-refractivity contribution in [2.75, 3.05) is 24.6 Å². The Kier molecular flexibility index (Phi) is 4.81. The molecule has 2 fully saturated rings. The molecule has 5 heteroatoms. The molecule has 0 aromatic carbocycles. The van der Waals surface area contributed by atoms with Crippen LogP contribution in [0.5, 0.6) is 0 Å². The number of nitrogens with zero attached hydrogens (tertiary/aromatic N) is 1. The minimum atomic E-state index is -2.83. The summed E-state index contributed by atoms with van der Waals surface area (Å²) in [5.41, 5.74) is 0. The van der Waals surface area contributed by atoms with E-state index in [0.29, 0.717) is 11.5 Å². The molecule has 0 aliphatic carbocycles. The highest BCUT2D eigenvalue weighted by molar-refractivity contribution is 7.91. The van der Waals surface area contributed by atoms with Gasteiger partial charge in [-0.15, -0.1) is 13.2 Å². The Labute approximate surface area is 116 Å². The number of hydrogen-bond donors (Lipinski definition) is 0. The molecular weight excluding hydrogens is 262 g/mol. The monoisotopic (exact) mass is 285 g/mol. The second-order valence-corrected chi connectivity index (χ2v) is 7.67. The molecule has 19 heavy (non-hydrogen) atoms. The molecule has 0 bridgehead atoms. The Bertz CT molecular complexity index is 414. The average Bonchev–Trinajstić information content (AvgIpc) is 2.70. The van der Waals surface area contributed by atoms with Crippen molar-refractivity contribution in [2.45, 2.75) is 37.5 Å². The Morgan fingerprint density at radius 1 is 1.16 bits per heavy atom. The molecule has 4 nitrogen and oxygen atoms in total. The largest absolute Gasteiger partial charge is 0.372 e. The van der Waals surface area contributed by atoms with E-state index in [1.807, 2.05) is 12.2 Å². The molecule has 108 valence electrons. The van der Waals surface area contributed by atoms with Crippen LogP contribution in [0.2, 0.25) is 0 Å². The molecule has 0 aromatic rings. The van der Waals surface area contributed by atoms with Gasteiger partial charge in [-0.1, -0.05) is 12.2 Å². The van der Waals surface area contributed by atoms with Crippen LogP contribution < -0.4 is 0 Å². The lowest BCUT2D eigenvalue weighted by molar-refractivity contribution is -0.0904. The van der Waals surface area contributed by atoms with E-state index in [4.69, 9.17) is 4.74 Å². The van der Waals surface area contributed by atoms with Crippen molar-refractivity contribution in [1.29, 1.82) is 0 Å². The van der Waals surface area contributed by atoms with E-state index in [-0.39, 0.29) is 18.2 Å². The Morgan fingerprint density at radius 2 is 1.74 bits per heavy atom. The molecule has 0 saturated carbocycles. The Balaban J connectivity index is 2.02. The summed E-state index contributed by atoms with van der Waals surface area (Å²) in [6.45, 7) is 9.12. The van der Waals surface area contributed by atoms with Crippen LogP contribution in [0.1, 0.15) is 19.3 Å². The van der Waals surface area contributed by atoms with Crippen LogP contribution in [-0.4, -0.2) is 56.2 Å². The second-order valence-electron chi connectivity index (χ2n) is 5.44. The fourth-order valence-electron chi connectivity index (χ4n) is 2.95. The van der Waals surface area contributed by atoms with Gasteiger partial charge in [0.25, 0.3) is 0 Å². The van der Waals surface area contributed by atoms with Crippen molar-refractivity contribution in [3.05, 3.63) is 25.3 Å².